The van der Waals surface area contributed by atoms with Crippen LogP contribution < -0.4 is 9.47 Å². The molecule has 1 rings (SSSR count). The van der Waals surface area contributed by atoms with Gasteiger partial charge in [-0.1, -0.05) is 13.8 Å². The largest absolute Gasteiger partial charge is 0.497 e. The summed E-state index contributed by atoms with van der Waals surface area (Å²) in [7, 11) is 3.31. The molecule has 0 unspecified atom stereocenters. The molecule has 0 aliphatic carbocycles. The molecule has 25 heavy (non-hydrogen) atoms. The Morgan fingerprint density at radius 2 is 1.60 bits per heavy atom. The summed E-state index contributed by atoms with van der Waals surface area (Å²) >= 11 is 0. The van der Waals surface area contributed by atoms with Crippen molar-refractivity contribution in [3.05, 3.63) is 23.8 Å². The van der Waals surface area contributed by atoms with Gasteiger partial charge in [-0.15, -0.1) is 0 Å². The van der Waals surface area contributed by atoms with E-state index in [1.165, 1.54) is 0 Å². The van der Waals surface area contributed by atoms with Crippen molar-refractivity contribution < 1.29 is 19.3 Å². The molecule has 1 aromatic carbocycles. The number of aliphatic hydroxyl groups is 1. The quantitative estimate of drug-likeness (QED) is 0.625. The first-order chi connectivity index (χ1) is 11.8. The van der Waals surface area contributed by atoms with Crippen molar-refractivity contribution in [1.29, 1.82) is 0 Å². The molecule has 1 aromatic rings. The average molecular weight is 354 g/mol. The maximum Gasteiger partial charge on any atom is 0.122 e. The number of benzene rings is 1. The van der Waals surface area contributed by atoms with Gasteiger partial charge in [0.1, 0.15) is 11.5 Å². The Bertz CT molecular complexity index is 468. The van der Waals surface area contributed by atoms with Crippen LogP contribution in [0.3, 0.4) is 0 Å². The number of hydrogen-bond acceptors (Lipinski definition) is 5. The van der Waals surface area contributed by atoms with E-state index in [1.807, 2.05) is 32.0 Å². The van der Waals surface area contributed by atoms with Crippen LogP contribution in [0, 0.1) is 5.92 Å². The Kier molecular flexibility index (Phi) is 9.86. The lowest BCUT2D eigenvalue weighted by Gasteiger charge is -2.26. The monoisotopic (exact) mass is 353 g/mol. The summed E-state index contributed by atoms with van der Waals surface area (Å²) < 4.78 is 16.2. The van der Waals surface area contributed by atoms with Crippen molar-refractivity contribution in [3.63, 3.8) is 0 Å². The van der Waals surface area contributed by atoms with Crippen LogP contribution in [0.4, 0.5) is 0 Å². The summed E-state index contributed by atoms with van der Waals surface area (Å²) in [6.45, 7) is 11.0. The molecule has 0 fully saturated rings. The van der Waals surface area contributed by atoms with Crippen LogP contribution in [-0.4, -0.2) is 56.1 Å². The van der Waals surface area contributed by atoms with Gasteiger partial charge in [0.2, 0.25) is 0 Å². The van der Waals surface area contributed by atoms with Crippen LogP contribution >= 0.6 is 0 Å². The highest BCUT2D eigenvalue weighted by atomic mass is 16.5. The first-order valence-electron chi connectivity index (χ1n) is 9.08. The van der Waals surface area contributed by atoms with E-state index in [9.17, 15) is 5.11 Å². The third-order valence-corrected chi connectivity index (χ3v) is 3.93. The first kappa shape index (κ1) is 21.7. The van der Waals surface area contributed by atoms with Gasteiger partial charge in [-0.2, -0.15) is 0 Å². The van der Waals surface area contributed by atoms with Gasteiger partial charge in [-0.25, -0.2) is 0 Å². The second kappa shape index (κ2) is 11.3. The minimum absolute atomic E-state index is 0.126. The average Bonchev–Trinajstić information content (AvgIpc) is 2.57. The second-order valence-electron chi connectivity index (χ2n) is 7.17. The molecular formula is C20H35NO4. The molecule has 1 N–H and O–H groups in total. The van der Waals surface area contributed by atoms with E-state index < -0.39 is 6.10 Å². The minimum Gasteiger partial charge on any atom is -0.497 e. The van der Waals surface area contributed by atoms with Crippen molar-refractivity contribution in [2.45, 2.75) is 52.9 Å². The zero-order valence-electron chi connectivity index (χ0n) is 16.6. The van der Waals surface area contributed by atoms with Gasteiger partial charge in [-0.3, -0.25) is 4.90 Å². The summed E-state index contributed by atoms with van der Waals surface area (Å²) in [5.74, 6) is 2.18. The van der Waals surface area contributed by atoms with Gasteiger partial charge in [0.05, 0.1) is 33.0 Å². The third-order valence-electron chi connectivity index (χ3n) is 3.93. The third kappa shape index (κ3) is 9.10. The van der Waals surface area contributed by atoms with Crippen LogP contribution in [0.5, 0.6) is 11.5 Å². The van der Waals surface area contributed by atoms with E-state index in [0.29, 0.717) is 19.1 Å². The highest BCUT2D eigenvalue weighted by Crippen LogP contribution is 2.23. The van der Waals surface area contributed by atoms with Crippen LogP contribution in [0.2, 0.25) is 0 Å². The highest BCUT2D eigenvalue weighted by Gasteiger charge is 2.15. The minimum atomic E-state index is -0.498. The number of ether oxygens (including phenoxy) is 3. The highest BCUT2D eigenvalue weighted by molar-refractivity contribution is 5.38. The molecule has 0 aromatic heterocycles. The fraction of sp³-hybridized carbons (Fsp3) is 0.700. The second-order valence-corrected chi connectivity index (χ2v) is 7.17. The van der Waals surface area contributed by atoms with E-state index in [2.05, 4.69) is 18.7 Å². The molecule has 1 atom stereocenters. The molecule has 0 aliphatic heterocycles. The van der Waals surface area contributed by atoms with Crippen LogP contribution in [0.25, 0.3) is 0 Å². The molecule has 144 valence electrons. The summed E-state index contributed by atoms with van der Waals surface area (Å²) in [5.41, 5.74) is 1.11. The SMILES string of the molecule is COc1cc(CN(CCC(C)C)C[C@H](O)COC(C)C)cc(OC)c1. The summed E-state index contributed by atoms with van der Waals surface area (Å²) in [6, 6.07) is 5.90. The molecule has 0 saturated carbocycles. The van der Waals surface area contributed by atoms with Crippen molar-refractivity contribution in [2.24, 2.45) is 5.92 Å². The van der Waals surface area contributed by atoms with Crippen molar-refractivity contribution >= 4 is 0 Å². The molecule has 5 heteroatoms. The molecule has 0 bridgehead atoms. The molecule has 0 aliphatic rings. The maximum atomic E-state index is 10.3. The van der Waals surface area contributed by atoms with E-state index in [0.717, 1.165) is 36.6 Å². The Hall–Kier alpha value is -1.30. The number of aliphatic hydroxyl groups excluding tert-OH is 1. The standard InChI is InChI=1S/C20H35NO4/c1-15(2)7-8-21(13-18(22)14-25-16(3)4)12-17-9-19(23-5)11-20(10-17)24-6/h9-11,15-16,18,22H,7-8,12-14H2,1-6H3/t18-/m0/s1. The van der Waals surface area contributed by atoms with Crippen molar-refractivity contribution in [2.75, 3.05) is 33.9 Å². The molecule has 0 amide bonds. The summed E-state index contributed by atoms with van der Waals surface area (Å²) in [5, 5.41) is 10.3. The zero-order valence-corrected chi connectivity index (χ0v) is 16.6. The lowest BCUT2D eigenvalue weighted by Crippen LogP contribution is -2.36. The van der Waals surface area contributed by atoms with Gasteiger partial charge < -0.3 is 19.3 Å². The Morgan fingerprint density at radius 1 is 1.00 bits per heavy atom. The molecule has 0 saturated heterocycles. The van der Waals surface area contributed by atoms with Gasteiger partial charge in [-0.05, 0) is 50.4 Å². The number of methoxy groups -OCH3 is 2. The first-order valence-corrected chi connectivity index (χ1v) is 9.08. The van der Waals surface area contributed by atoms with Gasteiger partial charge in [0, 0.05) is 19.2 Å². The van der Waals surface area contributed by atoms with E-state index >= 15 is 0 Å². The summed E-state index contributed by atoms with van der Waals surface area (Å²) in [6.07, 6.45) is 0.710. The zero-order chi connectivity index (χ0) is 18.8. The number of hydrogen-bond donors (Lipinski definition) is 1. The topological polar surface area (TPSA) is 51.2 Å². The van der Waals surface area contributed by atoms with E-state index in [4.69, 9.17) is 14.2 Å². The van der Waals surface area contributed by atoms with Gasteiger partial charge in [0.25, 0.3) is 0 Å². The fourth-order valence-electron chi connectivity index (χ4n) is 2.55. The number of rotatable bonds is 12. The predicted molar refractivity (Wildman–Crippen MR) is 101 cm³/mol. The van der Waals surface area contributed by atoms with Gasteiger partial charge >= 0.3 is 0 Å². The molecule has 0 spiro atoms. The molecule has 5 nitrogen and oxygen atoms in total. The normalized spacial score (nSPS) is 12.9. The fourth-order valence-corrected chi connectivity index (χ4v) is 2.55. The maximum absolute atomic E-state index is 10.3. The molecule has 0 heterocycles. The predicted octanol–water partition coefficient (Wildman–Crippen LogP) is 3.34. The lowest BCUT2D eigenvalue weighted by atomic mass is 10.1. The van der Waals surface area contributed by atoms with Crippen LogP contribution in [0.1, 0.15) is 39.7 Å². The van der Waals surface area contributed by atoms with Crippen molar-refractivity contribution in [3.8, 4) is 11.5 Å². The van der Waals surface area contributed by atoms with E-state index in [1.54, 1.807) is 14.2 Å². The molecule has 0 radical (unpaired) electrons. The van der Waals surface area contributed by atoms with Crippen LogP contribution in [-0.2, 0) is 11.3 Å². The Balaban J connectivity index is 2.78. The smallest absolute Gasteiger partial charge is 0.122 e. The molecular weight excluding hydrogens is 318 g/mol. The van der Waals surface area contributed by atoms with Crippen LogP contribution in [0.15, 0.2) is 18.2 Å². The van der Waals surface area contributed by atoms with Gasteiger partial charge in [0.15, 0.2) is 0 Å². The van der Waals surface area contributed by atoms with Crippen molar-refractivity contribution in [1.82, 2.24) is 4.90 Å². The lowest BCUT2D eigenvalue weighted by molar-refractivity contribution is -0.00998. The Labute approximate surface area is 152 Å². The summed E-state index contributed by atoms with van der Waals surface area (Å²) in [4.78, 5) is 2.27. The Morgan fingerprint density at radius 3 is 2.08 bits per heavy atom. The number of nitrogens with zero attached hydrogens (tertiary/aromatic N) is 1. The van der Waals surface area contributed by atoms with E-state index in [-0.39, 0.29) is 6.10 Å².